The van der Waals surface area contributed by atoms with Crippen LogP contribution in [0.5, 0.6) is 0 Å². The number of nitrogens with zero attached hydrogens (tertiary/aromatic N) is 2. The second kappa shape index (κ2) is 4.27. The summed E-state index contributed by atoms with van der Waals surface area (Å²) in [4.78, 5) is 4.05. The van der Waals surface area contributed by atoms with Gasteiger partial charge in [0, 0.05) is 24.1 Å². The van der Waals surface area contributed by atoms with Gasteiger partial charge in [0.25, 0.3) is 0 Å². The smallest absolute Gasteiger partial charge is 0.181 e. The lowest BCUT2D eigenvalue weighted by Crippen LogP contribution is -2.05. The zero-order chi connectivity index (χ0) is 10.7. The number of hydrogen-bond donors (Lipinski definition) is 2. The molecule has 0 atom stereocenters. The van der Waals surface area contributed by atoms with Gasteiger partial charge in [0.2, 0.25) is 0 Å². The van der Waals surface area contributed by atoms with E-state index in [1.54, 1.807) is 0 Å². The van der Waals surface area contributed by atoms with Gasteiger partial charge in [-0.3, -0.25) is 5.10 Å². The molecule has 0 saturated carbocycles. The molecule has 0 unspecified atom stereocenters. The quantitative estimate of drug-likeness (QED) is 0.775. The Morgan fingerprint density at radius 1 is 1.53 bits per heavy atom. The van der Waals surface area contributed by atoms with Crippen LogP contribution in [0, 0.1) is 6.92 Å². The molecule has 2 heterocycles. The largest absolute Gasteiger partial charge is 0.448 e. The third-order valence-electron chi connectivity index (χ3n) is 2.40. The van der Waals surface area contributed by atoms with Gasteiger partial charge < -0.3 is 10.2 Å². The third kappa shape index (κ3) is 2.07. The summed E-state index contributed by atoms with van der Waals surface area (Å²) in [6, 6.07) is 0. The van der Waals surface area contributed by atoms with Crippen LogP contribution in [0.4, 0.5) is 0 Å². The predicted octanol–water partition coefficient (Wildman–Crippen LogP) is 0.798. The first-order valence-electron chi connectivity index (χ1n) is 4.91. The number of aryl methyl sites for hydroxylation is 1. The van der Waals surface area contributed by atoms with E-state index in [1.807, 2.05) is 13.1 Å². The van der Waals surface area contributed by atoms with Crippen molar-refractivity contribution >= 4 is 0 Å². The number of aromatic nitrogens is 3. The maximum Gasteiger partial charge on any atom is 0.181 e. The van der Waals surface area contributed by atoms with Gasteiger partial charge >= 0.3 is 0 Å². The molecule has 0 saturated heterocycles. The molecule has 0 aliphatic carbocycles. The number of nitrogens with two attached hydrogens (primary N) is 1. The van der Waals surface area contributed by atoms with Crippen molar-refractivity contribution in [2.24, 2.45) is 5.73 Å². The van der Waals surface area contributed by atoms with Gasteiger partial charge in [0.05, 0.1) is 11.9 Å². The van der Waals surface area contributed by atoms with Crippen LogP contribution in [-0.2, 0) is 12.8 Å². The molecule has 0 amide bonds. The molecule has 15 heavy (non-hydrogen) atoms. The standard InChI is InChI=1S/C10H14N4O/c1-7-10(15-6-12-7)4-8-5-13-14-9(8)2-3-11/h5-6H,2-4,11H2,1H3,(H,13,14). The summed E-state index contributed by atoms with van der Waals surface area (Å²) in [6.07, 6.45) is 4.81. The number of hydrogen-bond acceptors (Lipinski definition) is 4. The number of nitrogens with one attached hydrogen (secondary N) is 1. The van der Waals surface area contributed by atoms with Gasteiger partial charge in [0.15, 0.2) is 6.39 Å². The van der Waals surface area contributed by atoms with Crippen molar-refractivity contribution in [1.29, 1.82) is 0 Å². The Bertz CT molecular complexity index is 432. The first-order chi connectivity index (χ1) is 7.31. The molecule has 2 aromatic heterocycles. The molecular weight excluding hydrogens is 192 g/mol. The fourth-order valence-corrected chi connectivity index (χ4v) is 1.52. The second-order valence-corrected chi connectivity index (χ2v) is 3.45. The van der Waals surface area contributed by atoms with E-state index in [2.05, 4.69) is 15.2 Å². The average Bonchev–Trinajstić information content (AvgIpc) is 2.80. The molecular formula is C10H14N4O. The zero-order valence-corrected chi connectivity index (χ0v) is 8.66. The Hall–Kier alpha value is -1.62. The molecule has 0 spiro atoms. The maximum absolute atomic E-state index is 5.51. The first kappa shape index (κ1) is 9.92. The van der Waals surface area contributed by atoms with Crippen molar-refractivity contribution in [3.63, 3.8) is 0 Å². The van der Waals surface area contributed by atoms with Crippen molar-refractivity contribution < 1.29 is 4.42 Å². The number of H-pyrrole nitrogens is 1. The molecule has 5 nitrogen and oxygen atoms in total. The lowest BCUT2D eigenvalue weighted by Gasteiger charge is -1.99. The van der Waals surface area contributed by atoms with Gasteiger partial charge in [-0.25, -0.2) is 4.98 Å². The number of rotatable bonds is 4. The van der Waals surface area contributed by atoms with E-state index in [9.17, 15) is 0 Å². The molecule has 80 valence electrons. The Balaban J connectivity index is 2.17. The van der Waals surface area contributed by atoms with Crippen LogP contribution in [0.15, 0.2) is 17.0 Å². The molecule has 0 aliphatic heterocycles. The highest BCUT2D eigenvalue weighted by molar-refractivity contribution is 5.23. The highest BCUT2D eigenvalue weighted by Crippen LogP contribution is 2.14. The van der Waals surface area contributed by atoms with Gasteiger partial charge in [-0.15, -0.1) is 0 Å². The Kier molecular flexibility index (Phi) is 2.82. The topological polar surface area (TPSA) is 80.7 Å². The fraction of sp³-hybridized carbons (Fsp3) is 0.400. The lowest BCUT2D eigenvalue weighted by atomic mass is 10.1. The van der Waals surface area contributed by atoms with Crippen LogP contribution < -0.4 is 5.73 Å². The highest BCUT2D eigenvalue weighted by atomic mass is 16.3. The SMILES string of the molecule is Cc1ncoc1Cc1cn[nH]c1CCN. The van der Waals surface area contributed by atoms with E-state index in [-0.39, 0.29) is 0 Å². The summed E-state index contributed by atoms with van der Waals surface area (Å²) in [5, 5.41) is 6.95. The van der Waals surface area contributed by atoms with Crippen LogP contribution in [-0.4, -0.2) is 21.7 Å². The Morgan fingerprint density at radius 3 is 3.07 bits per heavy atom. The minimum Gasteiger partial charge on any atom is -0.448 e. The summed E-state index contributed by atoms with van der Waals surface area (Å²) >= 11 is 0. The van der Waals surface area contributed by atoms with Crippen LogP contribution in [0.1, 0.15) is 22.7 Å². The first-order valence-corrected chi connectivity index (χ1v) is 4.91. The Morgan fingerprint density at radius 2 is 2.40 bits per heavy atom. The summed E-state index contributed by atoms with van der Waals surface area (Å²) in [5.74, 6) is 0.884. The molecule has 0 aliphatic rings. The summed E-state index contributed by atoms with van der Waals surface area (Å²) < 4.78 is 5.29. The molecule has 5 heteroatoms. The predicted molar refractivity (Wildman–Crippen MR) is 55.4 cm³/mol. The molecule has 2 rings (SSSR count). The van der Waals surface area contributed by atoms with Crippen molar-refractivity contribution in [2.75, 3.05) is 6.54 Å². The average molecular weight is 206 g/mol. The van der Waals surface area contributed by atoms with E-state index in [0.717, 1.165) is 35.6 Å². The van der Waals surface area contributed by atoms with E-state index >= 15 is 0 Å². The minimum absolute atomic E-state index is 0.616. The Labute approximate surface area is 87.7 Å². The molecule has 0 aromatic carbocycles. The second-order valence-electron chi connectivity index (χ2n) is 3.45. The third-order valence-corrected chi connectivity index (χ3v) is 2.40. The van der Waals surface area contributed by atoms with Crippen LogP contribution in [0.2, 0.25) is 0 Å². The summed E-state index contributed by atoms with van der Waals surface area (Å²) in [5.41, 5.74) is 8.64. The van der Waals surface area contributed by atoms with Crippen molar-refractivity contribution in [1.82, 2.24) is 15.2 Å². The van der Waals surface area contributed by atoms with Crippen molar-refractivity contribution in [3.05, 3.63) is 35.3 Å². The highest BCUT2D eigenvalue weighted by Gasteiger charge is 2.09. The zero-order valence-electron chi connectivity index (χ0n) is 8.66. The molecule has 2 aromatic rings. The van der Waals surface area contributed by atoms with Gasteiger partial charge in [0.1, 0.15) is 5.76 Å². The van der Waals surface area contributed by atoms with E-state index in [4.69, 9.17) is 10.2 Å². The maximum atomic E-state index is 5.51. The van der Waals surface area contributed by atoms with Gasteiger partial charge in [-0.2, -0.15) is 5.10 Å². The lowest BCUT2D eigenvalue weighted by molar-refractivity contribution is 0.512. The van der Waals surface area contributed by atoms with Crippen molar-refractivity contribution in [2.45, 2.75) is 19.8 Å². The van der Waals surface area contributed by atoms with Gasteiger partial charge in [-0.1, -0.05) is 0 Å². The fourth-order valence-electron chi connectivity index (χ4n) is 1.52. The minimum atomic E-state index is 0.616. The number of oxazole rings is 1. The van der Waals surface area contributed by atoms with E-state index in [1.165, 1.54) is 6.39 Å². The monoisotopic (exact) mass is 206 g/mol. The van der Waals surface area contributed by atoms with Crippen LogP contribution >= 0.6 is 0 Å². The number of aromatic amines is 1. The van der Waals surface area contributed by atoms with Crippen LogP contribution in [0.3, 0.4) is 0 Å². The normalized spacial score (nSPS) is 10.8. The molecule has 0 fully saturated rings. The molecule has 0 radical (unpaired) electrons. The summed E-state index contributed by atoms with van der Waals surface area (Å²) in [6.45, 7) is 2.55. The molecule has 0 bridgehead atoms. The van der Waals surface area contributed by atoms with Gasteiger partial charge in [-0.05, 0) is 13.5 Å². The van der Waals surface area contributed by atoms with E-state index in [0.29, 0.717) is 6.54 Å². The van der Waals surface area contributed by atoms with E-state index < -0.39 is 0 Å². The summed E-state index contributed by atoms with van der Waals surface area (Å²) in [7, 11) is 0. The van der Waals surface area contributed by atoms with Crippen molar-refractivity contribution in [3.8, 4) is 0 Å². The van der Waals surface area contributed by atoms with Crippen LogP contribution in [0.25, 0.3) is 0 Å². The molecule has 3 N–H and O–H groups in total.